The van der Waals surface area contributed by atoms with Gasteiger partial charge in [0.1, 0.15) is 6.54 Å². The summed E-state index contributed by atoms with van der Waals surface area (Å²) in [6.45, 7) is 0.299. The Hall–Kier alpha value is -1.40. The molecule has 0 fully saturated rings. The molecule has 84 valence electrons. The molecule has 1 heterocycles. The van der Waals surface area contributed by atoms with Crippen molar-refractivity contribution >= 4 is 5.91 Å². The summed E-state index contributed by atoms with van der Waals surface area (Å²) in [4.78, 5) is 11.4. The lowest BCUT2D eigenvalue weighted by molar-refractivity contribution is -0.123. The molecule has 2 N–H and O–H groups in total. The van der Waals surface area contributed by atoms with Gasteiger partial charge in [0.05, 0.1) is 19.3 Å². The first-order valence-electron chi connectivity index (χ1n) is 4.63. The van der Waals surface area contributed by atoms with E-state index in [1.807, 2.05) is 0 Å². The lowest BCUT2D eigenvalue weighted by Gasteiger charge is -2.14. The predicted molar refractivity (Wildman–Crippen MR) is 53.1 cm³/mol. The van der Waals surface area contributed by atoms with E-state index < -0.39 is 0 Å². The second kappa shape index (κ2) is 6.15. The molecule has 0 radical (unpaired) electrons. The number of hydrogen-bond donors (Lipinski definition) is 2. The number of rotatable bonds is 6. The van der Waals surface area contributed by atoms with E-state index in [1.165, 1.54) is 11.8 Å². The predicted octanol–water partition coefficient (Wildman–Crippen LogP) is -0.993. The summed E-state index contributed by atoms with van der Waals surface area (Å²) in [7, 11) is 1.52. The van der Waals surface area contributed by atoms with Crippen LogP contribution < -0.4 is 5.32 Å². The van der Waals surface area contributed by atoms with Crippen LogP contribution in [-0.2, 0) is 16.1 Å². The van der Waals surface area contributed by atoms with Gasteiger partial charge in [-0.25, -0.2) is 0 Å². The van der Waals surface area contributed by atoms with E-state index in [2.05, 4.69) is 10.4 Å². The number of aromatic nitrogens is 2. The zero-order valence-corrected chi connectivity index (χ0v) is 8.59. The fourth-order valence-electron chi connectivity index (χ4n) is 1.16. The standard InChI is InChI=1S/C9H15N3O3/c1-15-7-8(6-13)11-9(14)5-12-4-2-3-10-12/h2-4,8,13H,5-7H2,1H3,(H,11,14). The van der Waals surface area contributed by atoms with Crippen molar-refractivity contribution in [1.82, 2.24) is 15.1 Å². The zero-order chi connectivity index (χ0) is 11.1. The van der Waals surface area contributed by atoms with E-state index in [0.717, 1.165) is 0 Å². The van der Waals surface area contributed by atoms with Crippen LogP contribution in [0.4, 0.5) is 0 Å². The molecule has 0 aromatic carbocycles. The van der Waals surface area contributed by atoms with Crippen LogP contribution >= 0.6 is 0 Å². The molecule has 6 nitrogen and oxygen atoms in total. The first-order valence-corrected chi connectivity index (χ1v) is 4.63. The quantitative estimate of drug-likeness (QED) is 0.636. The van der Waals surface area contributed by atoms with Gasteiger partial charge in [-0.1, -0.05) is 0 Å². The van der Waals surface area contributed by atoms with Crippen molar-refractivity contribution in [3.05, 3.63) is 18.5 Å². The van der Waals surface area contributed by atoms with E-state index in [0.29, 0.717) is 6.61 Å². The molecular formula is C9H15N3O3. The van der Waals surface area contributed by atoms with Crippen LogP contribution in [0.2, 0.25) is 0 Å². The van der Waals surface area contributed by atoms with Gasteiger partial charge in [0, 0.05) is 19.5 Å². The third kappa shape index (κ3) is 4.09. The third-order valence-electron chi connectivity index (χ3n) is 1.82. The average Bonchev–Trinajstić information content (AvgIpc) is 2.69. The Morgan fingerprint density at radius 2 is 2.53 bits per heavy atom. The van der Waals surface area contributed by atoms with Crippen molar-refractivity contribution in [2.24, 2.45) is 0 Å². The summed E-state index contributed by atoms with van der Waals surface area (Å²) in [6, 6.07) is 1.38. The van der Waals surface area contributed by atoms with Gasteiger partial charge in [-0.05, 0) is 6.07 Å². The number of methoxy groups -OCH3 is 1. The molecule has 0 saturated carbocycles. The number of carbonyl (C=O) groups excluding carboxylic acids is 1. The minimum absolute atomic E-state index is 0.140. The Morgan fingerprint density at radius 1 is 1.73 bits per heavy atom. The highest BCUT2D eigenvalue weighted by atomic mass is 16.5. The maximum absolute atomic E-state index is 11.4. The van der Waals surface area contributed by atoms with Gasteiger partial charge in [-0.3, -0.25) is 9.48 Å². The van der Waals surface area contributed by atoms with Gasteiger partial charge in [-0.2, -0.15) is 5.10 Å². The number of aliphatic hydroxyl groups excluding tert-OH is 1. The molecular weight excluding hydrogens is 198 g/mol. The monoisotopic (exact) mass is 213 g/mol. The highest BCUT2D eigenvalue weighted by Crippen LogP contribution is 1.87. The smallest absolute Gasteiger partial charge is 0.242 e. The van der Waals surface area contributed by atoms with Crippen LogP contribution in [-0.4, -0.2) is 47.2 Å². The summed E-state index contributed by atoms with van der Waals surface area (Å²) in [5.41, 5.74) is 0. The number of hydrogen-bond acceptors (Lipinski definition) is 4. The maximum atomic E-state index is 11.4. The van der Waals surface area contributed by atoms with E-state index in [9.17, 15) is 4.79 Å². The lowest BCUT2D eigenvalue weighted by atomic mass is 10.3. The van der Waals surface area contributed by atoms with Crippen molar-refractivity contribution in [2.45, 2.75) is 12.6 Å². The third-order valence-corrected chi connectivity index (χ3v) is 1.82. The first kappa shape index (κ1) is 11.7. The summed E-state index contributed by atoms with van der Waals surface area (Å²) >= 11 is 0. The molecule has 0 aliphatic carbocycles. The Morgan fingerprint density at radius 3 is 3.07 bits per heavy atom. The zero-order valence-electron chi connectivity index (χ0n) is 8.59. The molecule has 0 saturated heterocycles. The van der Waals surface area contributed by atoms with Gasteiger partial charge < -0.3 is 15.2 Å². The first-order chi connectivity index (χ1) is 7.26. The molecule has 0 aliphatic heterocycles. The minimum atomic E-state index is -0.363. The molecule has 1 unspecified atom stereocenters. The largest absolute Gasteiger partial charge is 0.394 e. The SMILES string of the molecule is COCC(CO)NC(=O)Cn1cccn1. The second-order valence-corrected chi connectivity index (χ2v) is 3.11. The Bertz CT molecular complexity index is 287. The van der Waals surface area contributed by atoms with Crippen molar-refractivity contribution < 1.29 is 14.6 Å². The summed E-state index contributed by atoms with van der Waals surface area (Å²) < 4.78 is 6.34. The van der Waals surface area contributed by atoms with E-state index in [4.69, 9.17) is 9.84 Å². The van der Waals surface area contributed by atoms with Crippen LogP contribution in [0.1, 0.15) is 0 Å². The number of nitrogens with one attached hydrogen (secondary N) is 1. The molecule has 1 atom stereocenters. The molecule has 1 aromatic heterocycles. The van der Waals surface area contributed by atoms with Gasteiger partial charge in [0.25, 0.3) is 0 Å². The normalized spacial score (nSPS) is 12.4. The molecule has 15 heavy (non-hydrogen) atoms. The van der Waals surface area contributed by atoms with Gasteiger partial charge in [0.2, 0.25) is 5.91 Å². The van der Waals surface area contributed by atoms with Gasteiger partial charge in [0.15, 0.2) is 0 Å². The average molecular weight is 213 g/mol. The topological polar surface area (TPSA) is 76.4 Å². The Labute approximate surface area is 87.8 Å². The molecule has 6 heteroatoms. The number of nitrogens with zero attached hydrogens (tertiary/aromatic N) is 2. The highest BCUT2D eigenvalue weighted by molar-refractivity contribution is 5.75. The van der Waals surface area contributed by atoms with Crippen molar-refractivity contribution in [3.63, 3.8) is 0 Å². The van der Waals surface area contributed by atoms with E-state index in [1.54, 1.807) is 18.5 Å². The van der Waals surface area contributed by atoms with Crippen molar-refractivity contribution in [3.8, 4) is 0 Å². The molecule has 0 aliphatic rings. The van der Waals surface area contributed by atoms with Crippen LogP contribution in [0, 0.1) is 0 Å². The van der Waals surface area contributed by atoms with Gasteiger partial charge >= 0.3 is 0 Å². The number of ether oxygens (including phenoxy) is 1. The van der Waals surface area contributed by atoms with Gasteiger partial charge in [-0.15, -0.1) is 0 Å². The molecule has 1 aromatic rings. The van der Waals surface area contributed by atoms with Crippen LogP contribution in [0.3, 0.4) is 0 Å². The minimum Gasteiger partial charge on any atom is -0.394 e. The molecule has 1 rings (SSSR count). The molecule has 0 bridgehead atoms. The van der Waals surface area contributed by atoms with Crippen LogP contribution in [0.25, 0.3) is 0 Å². The van der Waals surface area contributed by atoms with Crippen molar-refractivity contribution in [1.29, 1.82) is 0 Å². The molecule has 0 spiro atoms. The number of carbonyl (C=O) groups is 1. The van der Waals surface area contributed by atoms with E-state index in [-0.39, 0.29) is 25.1 Å². The highest BCUT2D eigenvalue weighted by Gasteiger charge is 2.10. The Kier molecular flexibility index (Phi) is 4.79. The van der Waals surface area contributed by atoms with Crippen LogP contribution in [0.5, 0.6) is 0 Å². The number of aliphatic hydroxyl groups is 1. The lowest BCUT2D eigenvalue weighted by Crippen LogP contribution is -2.42. The maximum Gasteiger partial charge on any atom is 0.242 e. The summed E-state index contributed by atoms with van der Waals surface area (Å²) in [5.74, 6) is -0.199. The Balaban J connectivity index is 2.34. The molecule has 1 amide bonds. The summed E-state index contributed by atoms with van der Waals surface area (Å²) in [6.07, 6.45) is 3.30. The van der Waals surface area contributed by atoms with Crippen LogP contribution in [0.15, 0.2) is 18.5 Å². The fraction of sp³-hybridized carbons (Fsp3) is 0.556. The fourth-order valence-corrected chi connectivity index (χ4v) is 1.16. The number of amides is 1. The second-order valence-electron chi connectivity index (χ2n) is 3.11. The van der Waals surface area contributed by atoms with E-state index >= 15 is 0 Å². The summed E-state index contributed by atoms with van der Waals surface area (Å²) in [5, 5.41) is 15.4. The van der Waals surface area contributed by atoms with Crippen molar-refractivity contribution in [2.75, 3.05) is 20.3 Å².